The lowest BCUT2D eigenvalue weighted by Gasteiger charge is -2.18. The first-order valence-electron chi connectivity index (χ1n) is 7.03. The second-order valence-corrected chi connectivity index (χ2v) is 6.53. The first kappa shape index (κ1) is 15.2. The maximum atomic E-state index is 5.57. The maximum absolute atomic E-state index is 5.57. The fourth-order valence-electron chi connectivity index (χ4n) is 2.36. The molecule has 110 valence electrons. The van der Waals surface area contributed by atoms with Crippen molar-refractivity contribution in [1.29, 1.82) is 0 Å². The molecule has 5 heteroatoms. The Balaban J connectivity index is 2.64. The first-order chi connectivity index (χ1) is 9.49. The molecule has 2 rings (SSSR count). The Morgan fingerprint density at radius 2 is 1.95 bits per heavy atom. The smallest absolute Gasteiger partial charge is 0.161 e. The van der Waals surface area contributed by atoms with Gasteiger partial charge in [0.15, 0.2) is 5.82 Å². The summed E-state index contributed by atoms with van der Waals surface area (Å²) in [5.41, 5.74) is 1.27. The number of nitrogens with zero attached hydrogens (tertiary/aromatic N) is 2. The van der Waals surface area contributed by atoms with Crippen molar-refractivity contribution >= 4 is 27.4 Å². The molecule has 0 aliphatic heterocycles. The summed E-state index contributed by atoms with van der Waals surface area (Å²) in [6.45, 7) is 11.4. The molecular formula is C15H23N3OS. The van der Waals surface area contributed by atoms with Crippen molar-refractivity contribution in [2.45, 2.75) is 40.7 Å². The van der Waals surface area contributed by atoms with Gasteiger partial charge < -0.3 is 10.1 Å². The van der Waals surface area contributed by atoms with Crippen LogP contribution in [0.2, 0.25) is 0 Å². The molecule has 2 aromatic rings. The Hall–Kier alpha value is -1.20. The molecule has 2 aromatic heterocycles. The molecule has 0 saturated carbocycles. The number of fused-ring (bicyclic) bond motifs is 1. The zero-order valence-corrected chi connectivity index (χ0v) is 13.9. The Labute approximate surface area is 124 Å². The molecule has 0 radical (unpaired) electrons. The summed E-state index contributed by atoms with van der Waals surface area (Å²) in [4.78, 5) is 11.8. The molecule has 0 spiro atoms. The van der Waals surface area contributed by atoms with Gasteiger partial charge >= 0.3 is 0 Å². The van der Waals surface area contributed by atoms with Crippen molar-refractivity contribution in [3.05, 3.63) is 16.3 Å². The van der Waals surface area contributed by atoms with Crippen LogP contribution < -0.4 is 5.32 Å². The third-order valence-corrected chi connectivity index (χ3v) is 4.61. The number of methoxy groups -OCH3 is 1. The summed E-state index contributed by atoms with van der Waals surface area (Å²) in [6, 6.07) is 0. The molecule has 20 heavy (non-hydrogen) atoms. The van der Waals surface area contributed by atoms with Crippen LogP contribution in [0.5, 0.6) is 0 Å². The average molecular weight is 293 g/mol. The van der Waals surface area contributed by atoms with Crippen LogP contribution in [0.4, 0.5) is 5.82 Å². The summed E-state index contributed by atoms with van der Waals surface area (Å²) >= 11 is 1.73. The lowest BCUT2D eigenvalue weighted by molar-refractivity contribution is 0.0579. The quantitative estimate of drug-likeness (QED) is 0.902. The predicted molar refractivity (Wildman–Crippen MR) is 85.6 cm³/mol. The summed E-state index contributed by atoms with van der Waals surface area (Å²) in [5, 5.41) is 4.51. The van der Waals surface area contributed by atoms with Crippen LogP contribution >= 0.6 is 11.3 Å². The molecule has 1 atom stereocenters. The van der Waals surface area contributed by atoms with Gasteiger partial charge in [0.2, 0.25) is 0 Å². The van der Waals surface area contributed by atoms with E-state index in [1.807, 2.05) is 0 Å². The molecule has 1 N–H and O–H groups in total. The van der Waals surface area contributed by atoms with Crippen LogP contribution in [-0.2, 0) is 4.74 Å². The SMILES string of the molecule is CCNc1nc(C(OC)C(C)C)nc2sc(C)c(C)c12. The van der Waals surface area contributed by atoms with Crippen LogP contribution in [0.15, 0.2) is 0 Å². The van der Waals surface area contributed by atoms with E-state index in [-0.39, 0.29) is 6.10 Å². The summed E-state index contributed by atoms with van der Waals surface area (Å²) < 4.78 is 5.57. The van der Waals surface area contributed by atoms with E-state index in [0.717, 1.165) is 28.4 Å². The highest BCUT2D eigenvalue weighted by atomic mass is 32.1. The number of hydrogen-bond acceptors (Lipinski definition) is 5. The molecule has 0 bridgehead atoms. The van der Waals surface area contributed by atoms with E-state index in [2.05, 4.69) is 39.9 Å². The first-order valence-corrected chi connectivity index (χ1v) is 7.85. The molecule has 0 aliphatic carbocycles. The van der Waals surface area contributed by atoms with Crippen LogP contribution in [0, 0.1) is 19.8 Å². The largest absolute Gasteiger partial charge is 0.373 e. The second-order valence-electron chi connectivity index (χ2n) is 5.32. The number of nitrogens with one attached hydrogen (secondary N) is 1. The molecule has 1 unspecified atom stereocenters. The molecule has 0 saturated heterocycles. The summed E-state index contributed by atoms with van der Waals surface area (Å²) in [7, 11) is 1.72. The molecule has 4 nitrogen and oxygen atoms in total. The molecule has 2 heterocycles. The highest BCUT2D eigenvalue weighted by Crippen LogP contribution is 2.35. The van der Waals surface area contributed by atoms with Crippen molar-refractivity contribution < 1.29 is 4.74 Å². The van der Waals surface area contributed by atoms with E-state index < -0.39 is 0 Å². The minimum absolute atomic E-state index is 0.0699. The number of thiophene rings is 1. The van der Waals surface area contributed by atoms with Gasteiger partial charge in [-0.2, -0.15) is 0 Å². The normalized spacial score (nSPS) is 13.2. The van der Waals surface area contributed by atoms with E-state index in [0.29, 0.717) is 5.92 Å². The number of anilines is 1. The number of rotatable bonds is 5. The Bertz CT molecular complexity index is 607. The van der Waals surface area contributed by atoms with Gasteiger partial charge in [-0.05, 0) is 32.3 Å². The topological polar surface area (TPSA) is 47.0 Å². The Kier molecular flexibility index (Phi) is 4.60. The van der Waals surface area contributed by atoms with Crippen molar-refractivity contribution in [2.75, 3.05) is 19.0 Å². The van der Waals surface area contributed by atoms with Crippen LogP contribution in [0.1, 0.15) is 43.1 Å². The van der Waals surface area contributed by atoms with Crippen LogP contribution in [0.25, 0.3) is 10.2 Å². The number of hydrogen-bond donors (Lipinski definition) is 1. The van der Waals surface area contributed by atoms with Crippen LogP contribution in [-0.4, -0.2) is 23.6 Å². The van der Waals surface area contributed by atoms with Crippen LogP contribution in [0.3, 0.4) is 0 Å². The fraction of sp³-hybridized carbons (Fsp3) is 0.600. The second kappa shape index (κ2) is 6.06. The van der Waals surface area contributed by atoms with Gasteiger partial charge in [-0.25, -0.2) is 9.97 Å². The van der Waals surface area contributed by atoms with Gasteiger partial charge in [-0.15, -0.1) is 11.3 Å². The Morgan fingerprint density at radius 1 is 1.25 bits per heavy atom. The van der Waals surface area contributed by atoms with E-state index in [1.165, 1.54) is 10.4 Å². The lowest BCUT2D eigenvalue weighted by Crippen LogP contribution is -2.14. The van der Waals surface area contributed by atoms with E-state index in [9.17, 15) is 0 Å². The average Bonchev–Trinajstić information content (AvgIpc) is 2.66. The van der Waals surface area contributed by atoms with Gasteiger partial charge in [0.25, 0.3) is 0 Å². The van der Waals surface area contributed by atoms with E-state index in [1.54, 1.807) is 18.4 Å². The molecule has 0 amide bonds. The van der Waals surface area contributed by atoms with Crippen molar-refractivity contribution in [3.8, 4) is 0 Å². The van der Waals surface area contributed by atoms with Gasteiger partial charge in [0.1, 0.15) is 16.8 Å². The number of aromatic nitrogens is 2. The molecular weight excluding hydrogens is 270 g/mol. The predicted octanol–water partition coefficient (Wildman–Crippen LogP) is 4.08. The van der Waals surface area contributed by atoms with Gasteiger partial charge in [-0.1, -0.05) is 13.8 Å². The van der Waals surface area contributed by atoms with E-state index >= 15 is 0 Å². The molecule has 0 aromatic carbocycles. The maximum Gasteiger partial charge on any atom is 0.161 e. The zero-order valence-electron chi connectivity index (χ0n) is 13.1. The monoisotopic (exact) mass is 293 g/mol. The lowest BCUT2D eigenvalue weighted by atomic mass is 10.1. The molecule has 0 aliphatic rings. The summed E-state index contributed by atoms with van der Waals surface area (Å²) in [5.74, 6) is 2.04. The minimum Gasteiger partial charge on any atom is -0.373 e. The molecule has 0 fully saturated rings. The fourth-order valence-corrected chi connectivity index (χ4v) is 3.40. The standard InChI is InChI=1S/C15H23N3OS/c1-7-16-13-11-9(4)10(5)20-15(11)18-14(17-13)12(19-6)8(2)3/h8,12H,7H2,1-6H3,(H,16,17,18). The number of ether oxygens (including phenoxy) is 1. The van der Waals surface area contributed by atoms with Gasteiger partial charge in [0, 0.05) is 18.5 Å². The van der Waals surface area contributed by atoms with Crippen molar-refractivity contribution in [1.82, 2.24) is 9.97 Å². The third-order valence-electron chi connectivity index (χ3n) is 3.50. The zero-order chi connectivity index (χ0) is 14.9. The van der Waals surface area contributed by atoms with Gasteiger partial charge in [0.05, 0.1) is 5.39 Å². The minimum atomic E-state index is -0.0699. The van der Waals surface area contributed by atoms with E-state index in [4.69, 9.17) is 14.7 Å². The highest BCUT2D eigenvalue weighted by molar-refractivity contribution is 7.18. The highest BCUT2D eigenvalue weighted by Gasteiger charge is 2.22. The Morgan fingerprint density at radius 3 is 2.50 bits per heavy atom. The van der Waals surface area contributed by atoms with Crippen molar-refractivity contribution in [3.63, 3.8) is 0 Å². The summed E-state index contributed by atoms with van der Waals surface area (Å²) in [6.07, 6.45) is -0.0699. The van der Waals surface area contributed by atoms with Gasteiger partial charge in [-0.3, -0.25) is 0 Å². The van der Waals surface area contributed by atoms with Crippen molar-refractivity contribution in [2.24, 2.45) is 5.92 Å². The third kappa shape index (κ3) is 2.65. The number of aryl methyl sites for hydroxylation is 2.